The van der Waals surface area contributed by atoms with Crippen molar-refractivity contribution in [2.45, 2.75) is 51.9 Å². The predicted molar refractivity (Wildman–Crippen MR) is 96.0 cm³/mol. The molecule has 2 rings (SSSR count). The fraction of sp³-hybridized carbons (Fsp3) is 0.500. The Morgan fingerprint density at radius 2 is 2.19 bits per heavy atom. The quantitative estimate of drug-likeness (QED) is 0.453. The number of aliphatic hydroxyl groups is 2. The molecule has 0 bridgehead atoms. The number of carbonyl (C=O) groups excluding carboxylic acids is 2. The number of fused-ring (bicyclic) bond motifs is 1. The average Bonchev–Trinajstić information content (AvgIpc) is 2.89. The Morgan fingerprint density at radius 3 is 2.81 bits per heavy atom. The molecule has 0 unspecified atom stereocenters. The molecule has 2 N–H and O–H groups in total. The maximum atomic E-state index is 12.3. The highest BCUT2D eigenvalue weighted by atomic mass is 16.6. The van der Waals surface area contributed by atoms with Crippen molar-refractivity contribution in [1.82, 2.24) is 0 Å². The van der Waals surface area contributed by atoms with E-state index in [1.165, 1.54) is 0 Å². The second kappa shape index (κ2) is 8.47. The number of carbonyl (C=O) groups is 2. The van der Waals surface area contributed by atoms with Gasteiger partial charge in [0.2, 0.25) is 0 Å². The third-order valence-electron chi connectivity index (χ3n) is 4.92. The Bertz CT molecular complexity index is 684. The Morgan fingerprint density at radius 1 is 1.50 bits per heavy atom. The van der Waals surface area contributed by atoms with Crippen LogP contribution < -0.4 is 0 Å². The summed E-state index contributed by atoms with van der Waals surface area (Å²) in [7, 11) is 0. The molecule has 1 saturated heterocycles. The van der Waals surface area contributed by atoms with Gasteiger partial charge >= 0.3 is 11.9 Å². The van der Waals surface area contributed by atoms with Crippen LogP contribution in [0, 0.1) is 5.92 Å². The molecule has 0 radical (unpaired) electrons. The van der Waals surface area contributed by atoms with Gasteiger partial charge in [0.1, 0.15) is 12.2 Å². The molecule has 0 amide bonds. The first-order valence-corrected chi connectivity index (χ1v) is 8.67. The smallest absolute Gasteiger partial charge is 0.334 e. The maximum absolute atomic E-state index is 12.3. The van der Waals surface area contributed by atoms with Gasteiger partial charge in [0.15, 0.2) is 0 Å². The van der Waals surface area contributed by atoms with Crippen LogP contribution in [0.1, 0.15) is 33.6 Å². The lowest BCUT2D eigenvalue weighted by Gasteiger charge is -2.28. The van der Waals surface area contributed by atoms with E-state index in [-0.39, 0.29) is 18.6 Å². The standard InChI is InChI=1S/C20H26O6/c1-5-11(2)19(23)25-17-9-14(10-21)6-7-15(22)12(3)8-16-18(17)13(4)20(24)26-16/h5-6,8,15-18,21-22H,4,7,9-10H2,1-3H3/b11-5+,12-8-,14-6+/t15-,16+,17+,18-/m0/s1. The summed E-state index contributed by atoms with van der Waals surface area (Å²) in [5.74, 6) is -1.61. The van der Waals surface area contributed by atoms with E-state index in [0.29, 0.717) is 23.1 Å². The Hall–Kier alpha value is -2.18. The van der Waals surface area contributed by atoms with E-state index in [2.05, 4.69) is 6.58 Å². The average molecular weight is 362 g/mol. The van der Waals surface area contributed by atoms with Gasteiger partial charge in [-0.1, -0.05) is 18.7 Å². The summed E-state index contributed by atoms with van der Waals surface area (Å²) < 4.78 is 11.0. The number of hydrogen-bond donors (Lipinski definition) is 2. The van der Waals surface area contributed by atoms with Crippen LogP contribution in [-0.2, 0) is 19.1 Å². The molecule has 2 aliphatic rings. The molecule has 6 nitrogen and oxygen atoms in total. The van der Waals surface area contributed by atoms with Crippen LogP contribution >= 0.6 is 0 Å². The monoisotopic (exact) mass is 362 g/mol. The van der Waals surface area contributed by atoms with Crippen LogP contribution in [0.2, 0.25) is 0 Å². The van der Waals surface area contributed by atoms with Gasteiger partial charge < -0.3 is 19.7 Å². The zero-order valence-corrected chi connectivity index (χ0v) is 15.4. The number of allylic oxidation sites excluding steroid dienone is 1. The van der Waals surface area contributed by atoms with Crippen molar-refractivity contribution in [2.24, 2.45) is 5.92 Å². The minimum absolute atomic E-state index is 0.224. The maximum Gasteiger partial charge on any atom is 0.334 e. The van der Waals surface area contributed by atoms with Crippen molar-refractivity contribution >= 4 is 11.9 Å². The van der Waals surface area contributed by atoms with Gasteiger partial charge in [0.05, 0.1) is 18.6 Å². The highest BCUT2D eigenvalue weighted by Gasteiger charge is 2.44. The Labute approximate surface area is 153 Å². The lowest BCUT2D eigenvalue weighted by Crippen LogP contribution is -2.34. The van der Waals surface area contributed by atoms with Gasteiger partial charge in [0, 0.05) is 17.6 Å². The Kier molecular flexibility index (Phi) is 6.56. The van der Waals surface area contributed by atoms with E-state index in [0.717, 1.165) is 0 Å². The Balaban J connectivity index is 2.45. The molecule has 4 atom stereocenters. The number of ether oxygens (including phenoxy) is 2. The summed E-state index contributed by atoms with van der Waals surface area (Å²) in [5.41, 5.74) is 1.95. The fourth-order valence-electron chi connectivity index (χ4n) is 3.08. The zero-order chi connectivity index (χ0) is 19.4. The van der Waals surface area contributed by atoms with Crippen LogP contribution in [0.25, 0.3) is 0 Å². The van der Waals surface area contributed by atoms with Crippen molar-refractivity contribution < 1.29 is 29.3 Å². The number of esters is 2. The molecule has 1 aliphatic carbocycles. The second-order valence-electron chi connectivity index (χ2n) is 6.72. The molecule has 0 spiro atoms. The van der Waals surface area contributed by atoms with E-state index >= 15 is 0 Å². The van der Waals surface area contributed by atoms with Gasteiger partial charge in [-0.15, -0.1) is 0 Å². The summed E-state index contributed by atoms with van der Waals surface area (Å²) >= 11 is 0. The largest absolute Gasteiger partial charge is 0.458 e. The van der Waals surface area contributed by atoms with Crippen LogP contribution in [-0.4, -0.2) is 47.1 Å². The van der Waals surface area contributed by atoms with Crippen molar-refractivity contribution in [2.75, 3.05) is 6.61 Å². The summed E-state index contributed by atoms with van der Waals surface area (Å²) in [6, 6.07) is 0. The molecular formula is C20H26O6. The van der Waals surface area contributed by atoms with Crippen LogP contribution in [0.4, 0.5) is 0 Å². The second-order valence-corrected chi connectivity index (χ2v) is 6.72. The lowest BCUT2D eigenvalue weighted by atomic mass is 9.85. The first-order valence-electron chi connectivity index (χ1n) is 8.67. The SMILES string of the molecule is C=C1C(=O)O[C@@H]2/C=C(/C)[C@@H](O)C/C=C(/CO)C[C@@H](OC(=O)/C(C)=C/C)[C@@H]12. The molecular weight excluding hydrogens is 336 g/mol. The van der Waals surface area contributed by atoms with E-state index < -0.39 is 36.2 Å². The highest BCUT2D eigenvalue weighted by Crippen LogP contribution is 2.36. The van der Waals surface area contributed by atoms with Gasteiger partial charge in [-0.2, -0.15) is 0 Å². The van der Waals surface area contributed by atoms with E-state index in [1.807, 2.05) is 0 Å². The van der Waals surface area contributed by atoms with Crippen molar-refractivity contribution in [3.63, 3.8) is 0 Å². The van der Waals surface area contributed by atoms with E-state index in [1.54, 1.807) is 39.0 Å². The summed E-state index contributed by atoms with van der Waals surface area (Å²) in [6.45, 7) is 8.71. The van der Waals surface area contributed by atoms with Crippen molar-refractivity contribution in [1.29, 1.82) is 0 Å². The normalized spacial score (nSPS) is 34.1. The number of aliphatic hydroxyl groups excluding tert-OH is 2. The molecule has 1 fully saturated rings. The molecule has 1 aliphatic heterocycles. The molecule has 26 heavy (non-hydrogen) atoms. The summed E-state index contributed by atoms with van der Waals surface area (Å²) in [6.07, 6.45) is 3.50. The predicted octanol–water partition coefficient (Wildman–Crippen LogP) is 1.98. The highest BCUT2D eigenvalue weighted by molar-refractivity contribution is 5.92. The van der Waals surface area contributed by atoms with Gasteiger partial charge in [-0.05, 0) is 44.4 Å². The molecule has 0 aromatic rings. The van der Waals surface area contributed by atoms with Crippen molar-refractivity contribution in [3.8, 4) is 0 Å². The fourth-order valence-corrected chi connectivity index (χ4v) is 3.08. The first kappa shape index (κ1) is 20.1. The van der Waals surface area contributed by atoms with Crippen LogP contribution in [0.15, 0.2) is 47.1 Å². The summed E-state index contributed by atoms with van der Waals surface area (Å²) in [4.78, 5) is 24.4. The molecule has 0 aromatic heterocycles. The minimum atomic E-state index is -0.742. The first-order chi connectivity index (χ1) is 12.3. The molecule has 6 heteroatoms. The molecule has 1 heterocycles. The third kappa shape index (κ3) is 4.31. The minimum Gasteiger partial charge on any atom is -0.458 e. The molecule has 0 aromatic carbocycles. The van der Waals surface area contributed by atoms with Crippen LogP contribution in [0.5, 0.6) is 0 Å². The zero-order valence-electron chi connectivity index (χ0n) is 15.4. The van der Waals surface area contributed by atoms with E-state index in [9.17, 15) is 19.8 Å². The number of hydrogen-bond acceptors (Lipinski definition) is 6. The molecule has 142 valence electrons. The van der Waals surface area contributed by atoms with Gasteiger partial charge in [-0.3, -0.25) is 0 Å². The van der Waals surface area contributed by atoms with Crippen LogP contribution in [0.3, 0.4) is 0 Å². The van der Waals surface area contributed by atoms with E-state index in [4.69, 9.17) is 9.47 Å². The van der Waals surface area contributed by atoms with Gasteiger partial charge in [0.25, 0.3) is 0 Å². The molecule has 0 saturated carbocycles. The number of rotatable bonds is 3. The topological polar surface area (TPSA) is 93.1 Å². The van der Waals surface area contributed by atoms with Crippen molar-refractivity contribution in [3.05, 3.63) is 47.1 Å². The third-order valence-corrected chi connectivity index (χ3v) is 4.92. The summed E-state index contributed by atoms with van der Waals surface area (Å²) in [5, 5.41) is 19.9. The lowest BCUT2D eigenvalue weighted by molar-refractivity contribution is -0.147. The van der Waals surface area contributed by atoms with Gasteiger partial charge in [-0.25, -0.2) is 9.59 Å².